The average molecular weight is 265 g/mol. The van der Waals surface area contributed by atoms with Crippen LogP contribution in [0.4, 0.5) is 5.82 Å². The number of aromatic nitrogens is 2. The number of nitrogens with zero attached hydrogens (tertiary/aromatic N) is 2. The molecule has 0 saturated heterocycles. The summed E-state index contributed by atoms with van der Waals surface area (Å²) in [6.07, 6.45) is 4.69. The van der Waals surface area contributed by atoms with Crippen LogP contribution < -0.4 is 5.32 Å². The number of rotatable bonds is 8. The van der Waals surface area contributed by atoms with Gasteiger partial charge in [-0.25, -0.2) is 0 Å². The number of ketones is 1. The minimum absolute atomic E-state index is 0.00694. The van der Waals surface area contributed by atoms with E-state index in [2.05, 4.69) is 17.3 Å². The number of nitrogens with one attached hydrogen (secondary N) is 1. The van der Waals surface area contributed by atoms with Gasteiger partial charge in [-0.1, -0.05) is 26.2 Å². The predicted molar refractivity (Wildman–Crippen MR) is 75.0 cm³/mol. The van der Waals surface area contributed by atoms with E-state index in [1.165, 1.54) is 0 Å². The molecule has 0 saturated carbocycles. The Labute approximate surface area is 114 Å². The molecule has 1 heterocycles. The standard InChI is InChI=1S/C14H23N3O2/c1-4-5-6-7-8-12(18)10-14(19)15-13-9-11(2)16-17(13)3/h9H,4-8,10H2,1-3H3,(H,15,19). The average Bonchev–Trinajstić information content (AvgIpc) is 2.63. The summed E-state index contributed by atoms with van der Waals surface area (Å²) < 4.78 is 1.60. The molecule has 1 N–H and O–H groups in total. The lowest BCUT2D eigenvalue weighted by molar-refractivity contribution is -0.125. The molecule has 1 rings (SSSR count). The van der Waals surface area contributed by atoms with E-state index in [1.807, 2.05) is 6.92 Å². The van der Waals surface area contributed by atoms with Gasteiger partial charge in [-0.2, -0.15) is 5.10 Å². The third-order valence-electron chi connectivity index (χ3n) is 2.94. The van der Waals surface area contributed by atoms with Gasteiger partial charge in [-0.3, -0.25) is 14.3 Å². The van der Waals surface area contributed by atoms with Crippen LogP contribution in [0.3, 0.4) is 0 Å². The Kier molecular flexibility index (Phi) is 6.25. The molecule has 0 fully saturated rings. The monoisotopic (exact) mass is 265 g/mol. The maximum Gasteiger partial charge on any atom is 0.232 e. The number of amides is 1. The number of anilines is 1. The fraction of sp³-hybridized carbons (Fsp3) is 0.643. The van der Waals surface area contributed by atoms with Crippen molar-refractivity contribution in [3.05, 3.63) is 11.8 Å². The first kappa shape index (κ1) is 15.4. The second-order valence-electron chi connectivity index (χ2n) is 4.87. The zero-order valence-corrected chi connectivity index (χ0v) is 12.0. The quantitative estimate of drug-likeness (QED) is 0.580. The van der Waals surface area contributed by atoms with Gasteiger partial charge in [0.15, 0.2) is 0 Å². The van der Waals surface area contributed by atoms with Crippen LogP contribution >= 0.6 is 0 Å². The van der Waals surface area contributed by atoms with Crippen LogP contribution in [0.5, 0.6) is 0 Å². The molecule has 0 unspecified atom stereocenters. The van der Waals surface area contributed by atoms with E-state index in [1.54, 1.807) is 17.8 Å². The molecule has 0 bridgehead atoms. The molecule has 106 valence electrons. The Bertz CT molecular complexity index is 438. The highest BCUT2D eigenvalue weighted by Crippen LogP contribution is 2.09. The molecule has 1 amide bonds. The van der Waals surface area contributed by atoms with E-state index in [0.717, 1.165) is 31.4 Å². The largest absolute Gasteiger partial charge is 0.311 e. The first-order valence-electron chi connectivity index (χ1n) is 6.85. The van der Waals surface area contributed by atoms with Crippen molar-refractivity contribution in [1.82, 2.24) is 9.78 Å². The van der Waals surface area contributed by atoms with E-state index in [4.69, 9.17) is 0 Å². The topological polar surface area (TPSA) is 64.0 Å². The minimum atomic E-state index is -0.261. The number of hydrogen-bond donors (Lipinski definition) is 1. The number of carbonyl (C=O) groups excluding carboxylic acids is 2. The summed E-state index contributed by atoms with van der Waals surface area (Å²) in [5.41, 5.74) is 0.837. The van der Waals surface area contributed by atoms with Crippen LogP contribution in [0.1, 0.15) is 51.1 Å². The molecule has 0 aromatic carbocycles. The number of carbonyl (C=O) groups is 2. The third-order valence-corrected chi connectivity index (χ3v) is 2.94. The Hall–Kier alpha value is -1.65. The van der Waals surface area contributed by atoms with Crippen LogP contribution in [0.15, 0.2) is 6.07 Å². The van der Waals surface area contributed by atoms with Crippen molar-refractivity contribution in [3.63, 3.8) is 0 Å². The van der Waals surface area contributed by atoms with Crippen molar-refractivity contribution in [1.29, 1.82) is 0 Å². The number of hydrogen-bond acceptors (Lipinski definition) is 3. The molecular formula is C14H23N3O2. The molecule has 0 radical (unpaired) electrons. The summed E-state index contributed by atoms with van der Waals surface area (Å²) in [7, 11) is 1.76. The van der Waals surface area contributed by atoms with Crippen LogP contribution in [0.25, 0.3) is 0 Å². The second kappa shape index (κ2) is 7.71. The van der Waals surface area contributed by atoms with Gasteiger partial charge >= 0.3 is 0 Å². The van der Waals surface area contributed by atoms with Gasteiger partial charge in [0.2, 0.25) is 5.91 Å². The molecule has 1 aromatic rings. The summed E-state index contributed by atoms with van der Waals surface area (Å²) in [6.45, 7) is 3.99. The Morgan fingerprint density at radius 3 is 2.63 bits per heavy atom. The summed E-state index contributed by atoms with van der Waals surface area (Å²) in [4.78, 5) is 23.3. The van der Waals surface area contributed by atoms with E-state index >= 15 is 0 Å². The Balaban J connectivity index is 2.31. The molecule has 0 spiro atoms. The predicted octanol–water partition coefficient (Wildman–Crippen LogP) is 2.60. The lowest BCUT2D eigenvalue weighted by atomic mass is 10.1. The molecule has 1 aromatic heterocycles. The fourth-order valence-electron chi connectivity index (χ4n) is 1.93. The number of unbranched alkanes of at least 4 members (excludes halogenated alkanes) is 3. The van der Waals surface area contributed by atoms with Gasteiger partial charge in [0.25, 0.3) is 0 Å². The van der Waals surface area contributed by atoms with E-state index < -0.39 is 0 Å². The van der Waals surface area contributed by atoms with E-state index in [9.17, 15) is 9.59 Å². The van der Waals surface area contributed by atoms with Gasteiger partial charge in [0.1, 0.15) is 11.6 Å². The van der Waals surface area contributed by atoms with E-state index in [-0.39, 0.29) is 18.1 Å². The SMILES string of the molecule is CCCCCCC(=O)CC(=O)Nc1cc(C)nn1C. The van der Waals surface area contributed by atoms with Gasteiger partial charge in [0.05, 0.1) is 12.1 Å². The maximum absolute atomic E-state index is 11.7. The molecule has 0 aliphatic carbocycles. The Morgan fingerprint density at radius 2 is 2.05 bits per heavy atom. The summed E-state index contributed by atoms with van der Waals surface area (Å²) in [5.74, 6) is 0.372. The van der Waals surface area contributed by atoms with Crippen LogP contribution in [-0.2, 0) is 16.6 Å². The lowest BCUT2D eigenvalue weighted by Gasteiger charge is -2.04. The summed E-state index contributed by atoms with van der Waals surface area (Å²) in [5, 5.41) is 6.83. The molecule has 0 atom stereocenters. The summed E-state index contributed by atoms with van der Waals surface area (Å²) >= 11 is 0. The molecule has 5 nitrogen and oxygen atoms in total. The zero-order chi connectivity index (χ0) is 14.3. The molecule has 0 aliphatic rings. The molecular weight excluding hydrogens is 242 g/mol. The van der Waals surface area contributed by atoms with Crippen molar-refractivity contribution in [2.45, 2.75) is 52.4 Å². The summed E-state index contributed by atoms with van der Waals surface area (Å²) in [6, 6.07) is 1.78. The molecule has 19 heavy (non-hydrogen) atoms. The van der Waals surface area contributed by atoms with Crippen LogP contribution in [-0.4, -0.2) is 21.5 Å². The number of Topliss-reactive ketones (excluding diaryl/α,β-unsaturated/α-hetero) is 1. The van der Waals surface area contributed by atoms with Crippen LogP contribution in [0, 0.1) is 6.92 Å². The fourth-order valence-corrected chi connectivity index (χ4v) is 1.93. The Morgan fingerprint density at radius 1 is 1.32 bits per heavy atom. The lowest BCUT2D eigenvalue weighted by Crippen LogP contribution is -2.18. The smallest absolute Gasteiger partial charge is 0.232 e. The van der Waals surface area contributed by atoms with Crippen molar-refractivity contribution in [2.75, 3.05) is 5.32 Å². The molecule has 5 heteroatoms. The molecule has 0 aliphatic heterocycles. The van der Waals surface area contributed by atoms with Crippen molar-refractivity contribution < 1.29 is 9.59 Å². The van der Waals surface area contributed by atoms with Crippen molar-refractivity contribution in [2.24, 2.45) is 7.05 Å². The third kappa shape index (κ3) is 5.68. The second-order valence-corrected chi connectivity index (χ2v) is 4.87. The van der Waals surface area contributed by atoms with Crippen molar-refractivity contribution >= 4 is 17.5 Å². The number of aryl methyl sites for hydroxylation is 2. The van der Waals surface area contributed by atoms with Crippen LogP contribution in [0.2, 0.25) is 0 Å². The minimum Gasteiger partial charge on any atom is -0.311 e. The van der Waals surface area contributed by atoms with Gasteiger partial charge in [0, 0.05) is 19.5 Å². The first-order valence-corrected chi connectivity index (χ1v) is 6.85. The van der Waals surface area contributed by atoms with Gasteiger partial charge < -0.3 is 5.32 Å². The normalized spacial score (nSPS) is 10.5. The van der Waals surface area contributed by atoms with Gasteiger partial charge in [-0.05, 0) is 13.3 Å². The van der Waals surface area contributed by atoms with Gasteiger partial charge in [-0.15, -0.1) is 0 Å². The van der Waals surface area contributed by atoms with E-state index in [0.29, 0.717) is 12.2 Å². The zero-order valence-electron chi connectivity index (χ0n) is 12.0. The van der Waals surface area contributed by atoms with Crippen molar-refractivity contribution in [3.8, 4) is 0 Å². The maximum atomic E-state index is 11.7. The highest BCUT2D eigenvalue weighted by atomic mass is 16.2. The highest BCUT2D eigenvalue weighted by molar-refractivity contribution is 6.03. The highest BCUT2D eigenvalue weighted by Gasteiger charge is 2.11. The first-order chi connectivity index (χ1) is 9.02.